The Kier molecular flexibility index (Phi) is 4.63. The molecular formula is C13H22N2O2S. The molecule has 0 unspecified atom stereocenters. The summed E-state index contributed by atoms with van der Waals surface area (Å²) in [4.78, 5) is 0. The van der Waals surface area contributed by atoms with E-state index in [2.05, 4.69) is 0 Å². The summed E-state index contributed by atoms with van der Waals surface area (Å²) in [6.45, 7) is 0.0312. The van der Waals surface area contributed by atoms with Crippen LogP contribution in [-0.2, 0) is 10.0 Å². The minimum Gasteiger partial charge on any atom is -0.212 e. The van der Waals surface area contributed by atoms with Gasteiger partial charge in [0.25, 0.3) is 0 Å². The molecule has 0 bridgehead atoms. The molecule has 2 aliphatic carbocycles. The fourth-order valence-electron chi connectivity index (χ4n) is 3.24. The quantitative estimate of drug-likeness (QED) is 0.737. The highest BCUT2D eigenvalue weighted by Gasteiger charge is 2.37. The first-order valence-corrected chi connectivity index (χ1v) is 8.54. The molecule has 0 aliphatic heterocycles. The van der Waals surface area contributed by atoms with Crippen LogP contribution in [0.15, 0.2) is 0 Å². The third-order valence-corrected chi connectivity index (χ3v) is 6.65. The van der Waals surface area contributed by atoms with Crippen molar-refractivity contribution in [1.29, 1.82) is 5.26 Å². The van der Waals surface area contributed by atoms with Crippen LogP contribution in [0.1, 0.15) is 57.8 Å². The first-order chi connectivity index (χ1) is 8.66. The molecule has 0 amide bonds. The van der Waals surface area contributed by atoms with E-state index >= 15 is 0 Å². The molecular weight excluding hydrogens is 248 g/mol. The highest BCUT2D eigenvalue weighted by Crippen LogP contribution is 2.31. The molecule has 2 rings (SSSR count). The van der Waals surface area contributed by atoms with Crippen LogP contribution >= 0.6 is 0 Å². The number of nitriles is 1. The fraction of sp³-hybridized carbons (Fsp3) is 0.923. The highest BCUT2D eigenvalue weighted by atomic mass is 32.2. The van der Waals surface area contributed by atoms with E-state index in [1.165, 1.54) is 4.31 Å². The molecule has 2 aliphatic rings. The second-order valence-electron chi connectivity index (χ2n) is 5.45. The van der Waals surface area contributed by atoms with E-state index in [4.69, 9.17) is 5.26 Å². The molecule has 0 aromatic rings. The van der Waals surface area contributed by atoms with Crippen LogP contribution in [0.25, 0.3) is 0 Å². The molecule has 0 spiro atoms. The summed E-state index contributed by atoms with van der Waals surface area (Å²) in [7, 11) is -3.26. The molecule has 0 heterocycles. The van der Waals surface area contributed by atoms with Crippen molar-refractivity contribution in [2.75, 3.05) is 6.54 Å². The summed E-state index contributed by atoms with van der Waals surface area (Å²) in [5.41, 5.74) is 0. The van der Waals surface area contributed by atoms with Gasteiger partial charge >= 0.3 is 0 Å². The van der Waals surface area contributed by atoms with Gasteiger partial charge in [-0.1, -0.05) is 32.1 Å². The van der Waals surface area contributed by atoms with Gasteiger partial charge in [-0.3, -0.25) is 0 Å². The summed E-state index contributed by atoms with van der Waals surface area (Å²) in [6.07, 6.45) is 8.74. The second-order valence-corrected chi connectivity index (χ2v) is 7.61. The van der Waals surface area contributed by atoms with Crippen LogP contribution < -0.4 is 0 Å². The Morgan fingerprint density at radius 2 is 1.56 bits per heavy atom. The maximum absolute atomic E-state index is 12.6. The largest absolute Gasteiger partial charge is 0.218 e. The number of sulfonamides is 1. The van der Waals surface area contributed by atoms with Crippen molar-refractivity contribution >= 4 is 10.0 Å². The molecule has 102 valence electrons. The topological polar surface area (TPSA) is 61.2 Å². The Hall–Kier alpha value is -0.600. The molecule has 5 heteroatoms. The zero-order chi connectivity index (χ0) is 13.0. The molecule has 2 fully saturated rings. The van der Waals surface area contributed by atoms with Gasteiger partial charge in [-0.25, -0.2) is 8.42 Å². The van der Waals surface area contributed by atoms with Gasteiger partial charge in [0, 0.05) is 6.04 Å². The number of nitrogens with zero attached hydrogens (tertiary/aromatic N) is 2. The van der Waals surface area contributed by atoms with Crippen molar-refractivity contribution in [3.05, 3.63) is 0 Å². The van der Waals surface area contributed by atoms with E-state index in [0.717, 1.165) is 57.8 Å². The van der Waals surface area contributed by atoms with E-state index in [1.807, 2.05) is 6.07 Å². The van der Waals surface area contributed by atoms with E-state index in [-0.39, 0.29) is 17.8 Å². The Morgan fingerprint density at radius 3 is 2.11 bits per heavy atom. The molecule has 18 heavy (non-hydrogen) atoms. The van der Waals surface area contributed by atoms with Crippen molar-refractivity contribution in [2.24, 2.45) is 0 Å². The van der Waals surface area contributed by atoms with Gasteiger partial charge in [0.15, 0.2) is 0 Å². The van der Waals surface area contributed by atoms with E-state index in [9.17, 15) is 8.42 Å². The minimum atomic E-state index is -3.26. The maximum atomic E-state index is 12.6. The average molecular weight is 270 g/mol. The van der Waals surface area contributed by atoms with Crippen LogP contribution in [0, 0.1) is 11.3 Å². The summed E-state index contributed by atoms with van der Waals surface area (Å²) in [5, 5.41) is 8.67. The third-order valence-electron chi connectivity index (χ3n) is 4.26. The zero-order valence-corrected chi connectivity index (χ0v) is 11.7. The van der Waals surface area contributed by atoms with Crippen LogP contribution in [0.4, 0.5) is 0 Å². The van der Waals surface area contributed by atoms with E-state index < -0.39 is 10.0 Å². The summed E-state index contributed by atoms with van der Waals surface area (Å²) in [6, 6.07) is 2.12. The van der Waals surface area contributed by atoms with Gasteiger partial charge in [-0.15, -0.1) is 0 Å². The SMILES string of the molecule is N#CCN(C1CCCC1)S(=O)(=O)C1CCCCC1. The number of rotatable bonds is 4. The lowest BCUT2D eigenvalue weighted by Crippen LogP contribution is -2.45. The summed E-state index contributed by atoms with van der Waals surface area (Å²) >= 11 is 0. The Bertz CT molecular complexity index is 401. The number of hydrogen-bond acceptors (Lipinski definition) is 3. The Morgan fingerprint density at radius 1 is 1.00 bits per heavy atom. The van der Waals surface area contributed by atoms with Gasteiger partial charge in [-0.2, -0.15) is 9.57 Å². The summed E-state index contributed by atoms with van der Waals surface area (Å²) in [5.74, 6) is 0. The molecule has 0 N–H and O–H groups in total. The minimum absolute atomic E-state index is 0.0312. The molecule has 0 aromatic carbocycles. The zero-order valence-electron chi connectivity index (χ0n) is 10.8. The lowest BCUT2D eigenvalue weighted by Gasteiger charge is -2.31. The third kappa shape index (κ3) is 2.86. The van der Waals surface area contributed by atoms with Crippen molar-refractivity contribution in [3.63, 3.8) is 0 Å². The normalized spacial score (nSPS) is 23.3. The smallest absolute Gasteiger partial charge is 0.212 e. The fourth-order valence-corrected chi connectivity index (χ4v) is 5.42. The molecule has 0 saturated heterocycles. The van der Waals surface area contributed by atoms with Crippen LogP contribution in [0.5, 0.6) is 0 Å². The molecule has 0 radical (unpaired) electrons. The van der Waals surface area contributed by atoms with Gasteiger partial charge in [0.05, 0.1) is 11.3 Å². The molecule has 0 atom stereocenters. The van der Waals surface area contributed by atoms with Gasteiger partial charge in [0.2, 0.25) is 10.0 Å². The Balaban J connectivity index is 2.14. The van der Waals surface area contributed by atoms with Gasteiger partial charge < -0.3 is 0 Å². The lowest BCUT2D eigenvalue weighted by atomic mass is 10.0. The predicted molar refractivity (Wildman–Crippen MR) is 70.4 cm³/mol. The second kappa shape index (κ2) is 6.03. The molecule has 2 saturated carbocycles. The van der Waals surface area contributed by atoms with Gasteiger partial charge in [0.1, 0.15) is 6.54 Å². The Labute approximate surface area is 110 Å². The van der Waals surface area contributed by atoms with Crippen LogP contribution in [0.3, 0.4) is 0 Å². The van der Waals surface area contributed by atoms with Crippen molar-refractivity contribution in [3.8, 4) is 6.07 Å². The van der Waals surface area contributed by atoms with Crippen molar-refractivity contribution in [1.82, 2.24) is 4.31 Å². The highest BCUT2D eigenvalue weighted by molar-refractivity contribution is 7.89. The van der Waals surface area contributed by atoms with Crippen LogP contribution in [0.2, 0.25) is 0 Å². The van der Waals surface area contributed by atoms with Crippen LogP contribution in [-0.4, -0.2) is 30.6 Å². The maximum Gasteiger partial charge on any atom is 0.218 e. The van der Waals surface area contributed by atoms with E-state index in [1.54, 1.807) is 0 Å². The molecule has 4 nitrogen and oxygen atoms in total. The average Bonchev–Trinajstić information content (AvgIpc) is 2.90. The monoisotopic (exact) mass is 270 g/mol. The van der Waals surface area contributed by atoms with Gasteiger partial charge in [-0.05, 0) is 25.7 Å². The van der Waals surface area contributed by atoms with Crippen molar-refractivity contribution in [2.45, 2.75) is 69.1 Å². The summed E-state index contributed by atoms with van der Waals surface area (Å²) < 4.78 is 26.8. The first-order valence-electron chi connectivity index (χ1n) is 7.04. The lowest BCUT2D eigenvalue weighted by molar-refractivity contribution is 0.337. The number of hydrogen-bond donors (Lipinski definition) is 0. The molecule has 0 aromatic heterocycles. The van der Waals surface area contributed by atoms with E-state index in [0.29, 0.717) is 0 Å². The predicted octanol–water partition coefficient (Wildman–Crippen LogP) is 2.42. The van der Waals surface area contributed by atoms with Crippen molar-refractivity contribution < 1.29 is 8.42 Å². The first kappa shape index (κ1) is 13.8. The standard InChI is InChI=1S/C13H22N2O2S/c14-10-11-15(12-6-4-5-7-12)18(16,17)13-8-2-1-3-9-13/h12-13H,1-9,11H2.